The van der Waals surface area contributed by atoms with Crippen molar-refractivity contribution in [2.75, 3.05) is 12.4 Å². The minimum Gasteiger partial charge on any atom is -0.465 e. The Morgan fingerprint density at radius 1 is 1.67 bits per heavy atom. The number of aliphatic imine (C=N–C) groups is 1. The Balaban J connectivity index is 2.15. The number of aromatic nitrogens is 6. The van der Waals surface area contributed by atoms with Gasteiger partial charge in [0.05, 0.1) is 19.6 Å². The van der Waals surface area contributed by atoms with E-state index in [9.17, 15) is 4.79 Å². The summed E-state index contributed by atoms with van der Waals surface area (Å²) in [6.45, 7) is 0. The molecule has 0 saturated carbocycles. The van der Waals surface area contributed by atoms with Crippen molar-refractivity contribution < 1.29 is 9.53 Å². The Morgan fingerprint density at radius 2 is 2.50 bits per heavy atom. The first kappa shape index (κ1) is 11.7. The molecule has 0 fully saturated rings. The summed E-state index contributed by atoms with van der Waals surface area (Å²) in [6.07, 6.45) is 2.71. The highest BCUT2D eigenvalue weighted by Gasteiger charge is 2.15. The molecule has 0 unspecified atom stereocenters. The minimum absolute atomic E-state index is 0.264. The van der Waals surface area contributed by atoms with Gasteiger partial charge in [0.25, 0.3) is 5.95 Å². The third-order valence-corrected chi connectivity index (χ3v) is 2.04. The third-order valence-electron chi connectivity index (χ3n) is 2.04. The number of ether oxygens (including phenoxy) is 1. The molecule has 2 heterocycles. The number of carbonyl (C=O) groups is 1. The second kappa shape index (κ2) is 5.03. The molecule has 0 atom stereocenters. The molecule has 0 aromatic carbocycles. The molecule has 0 saturated heterocycles. The van der Waals surface area contributed by atoms with Crippen LogP contribution in [-0.4, -0.2) is 49.8 Å². The first-order chi connectivity index (χ1) is 8.72. The van der Waals surface area contributed by atoms with E-state index in [0.717, 1.165) is 0 Å². The van der Waals surface area contributed by atoms with E-state index >= 15 is 0 Å². The Hall–Kier alpha value is -2.78. The Kier molecular flexibility index (Phi) is 3.27. The van der Waals surface area contributed by atoms with Crippen LogP contribution in [0.5, 0.6) is 0 Å². The van der Waals surface area contributed by atoms with Gasteiger partial charge >= 0.3 is 5.97 Å². The van der Waals surface area contributed by atoms with Gasteiger partial charge in [-0.3, -0.25) is 4.68 Å². The van der Waals surface area contributed by atoms with Crippen LogP contribution < -0.4 is 5.32 Å². The van der Waals surface area contributed by atoms with Crippen molar-refractivity contribution in [2.45, 2.75) is 0 Å². The largest absolute Gasteiger partial charge is 0.465 e. The molecule has 2 N–H and O–H groups in total. The van der Waals surface area contributed by atoms with Crippen LogP contribution in [0.15, 0.2) is 11.2 Å². The number of carbonyl (C=O) groups excluding carboxylic acids is 1. The normalized spacial score (nSPS) is 10.8. The van der Waals surface area contributed by atoms with Gasteiger partial charge in [0, 0.05) is 7.05 Å². The minimum atomic E-state index is -0.505. The molecular formula is C8H10N8O2. The molecule has 0 aliphatic rings. The van der Waals surface area contributed by atoms with Crippen molar-refractivity contribution in [1.82, 2.24) is 30.4 Å². The van der Waals surface area contributed by atoms with Crippen LogP contribution in [0, 0.1) is 0 Å². The number of aryl methyl sites for hydroxylation is 1. The fourth-order valence-corrected chi connectivity index (χ4v) is 1.21. The maximum Gasteiger partial charge on any atom is 0.343 e. The predicted molar refractivity (Wildman–Crippen MR) is 60.5 cm³/mol. The lowest BCUT2D eigenvalue weighted by atomic mass is 10.3. The van der Waals surface area contributed by atoms with Crippen molar-refractivity contribution in [1.29, 1.82) is 0 Å². The highest BCUT2D eigenvalue weighted by atomic mass is 16.5. The average Bonchev–Trinajstić information content (AvgIpc) is 3.00. The predicted octanol–water partition coefficient (Wildman–Crippen LogP) is -0.508. The van der Waals surface area contributed by atoms with Crippen molar-refractivity contribution >= 4 is 24.1 Å². The summed E-state index contributed by atoms with van der Waals surface area (Å²) in [5, 5.41) is 19.6. The van der Waals surface area contributed by atoms with E-state index in [0.29, 0.717) is 5.82 Å². The van der Waals surface area contributed by atoms with E-state index in [2.05, 4.69) is 40.8 Å². The summed E-state index contributed by atoms with van der Waals surface area (Å²) in [5.74, 6) is 0.119. The zero-order chi connectivity index (χ0) is 13.0. The van der Waals surface area contributed by atoms with Crippen molar-refractivity contribution in [3.8, 4) is 0 Å². The molecule has 2 aromatic heterocycles. The lowest BCUT2D eigenvalue weighted by Gasteiger charge is -1.98. The fourth-order valence-electron chi connectivity index (χ4n) is 1.21. The molecule has 0 bridgehead atoms. The van der Waals surface area contributed by atoms with E-state index in [1.807, 2.05) is 0 Å². The molecule has 94 valence electrons. The second-order valence-corrected chi connectivity index (χ2v) is 3.13. The first-order valence-corrected chi connectivity index (χ1v) is 4.85. The van der Waals surface area contributed by atoms with Gasteiger partial charge in [-0.25, -0.2) is 9.79 Å². The summed E-state index contributed by atoms with van der Waals surface area (Å²) < 4.78 is 6.06. The van der Waals surface area contributed by atoms with Gasteiger partial charge in [0.15, 0.2) is 5.82 Å². The Morgan fingerprint density at radius 3 is 3.17 bits per heavy atom. The van der Waals surface area contributed by atoms with Crippen molar-refractivity contribution in [3.63, 3.8) is 0 Å². The number of nitrogens with one attached hydrogen (secondary N) is 2. The SMILES string of the molecule is COC(=O)c1cnn(C)c1/N=C/Nc1nn[nH]n1. The number of aromatic amines is 1. The topological polar surface area (TPSA) is 123 Å². The van der Waals surface area contributed by atoms with Gasteiger partial charge < -0.3 is 10.1 Å². The number of esters is 1. The van der Waals surface area contributed by atoms with Crippen LogP contribution in [-0.2, 0) is 11.8 Å². The zero-order valence-electron chi connectivity index (χ0n) is 9.65. The number of anilines is 1. The van der Waals surface area contributed by atoms with Gasteiger partial charge in [-0.15, -0.1) is 5.10 Å². The maximum absolute atomic E-state index is 11.4. The smallest absolute Gasteiger partial charge is 0.343 e. The number of H-pyrrole nitrogens is 1. The molecule has 0 aliphatic heterocycles. The molecule has 10 nitrogen and oxygen atoms in total. The van der Waals surface area contributed by atoms with Gasteiger partial charge in [0.1, 0.15) is 5.56 Å². The highest BCUT2D eigenvalue weighted by molar-refractivity contribution is 5.94. The molecule has 0 aliphatic carbocycles. The molecule has 18 heavy (non-hydrogen) atoms. The Bertz CT molecular complexity index is 558. The number of hydrogen-bond donors (Lipinski definition) is 2. The number of tetrazole rings is 1. The van der Waals surface area contributed by atoms with E-state index in [1.165, 1.54) is 24.3 Å². The summed E-state index contributed by atoms with van der Waals surface area (Å²) in [4.78, 5) is 15.5. The van der Waals surface area contributed by atoms with Crippen LogP contribution in [0.3, 0.4) is 0 Å². The molecule has 2 aromatic rings. The van der Waals surface area contributed by atoms with Gasteiger partial charge in [0.2, 0.25) is 0 Å². The lowest BCUT2D eigenvalue weighted by Crippen LogP contribution is -2.02. The molecular weight excluding hydrogens is 240 g/mol. The van der Waals surface area contributed by atoms with Crippen LogP contribution in [0.25, 0.3) is 0 Å². The van der Waals surface area contributed by atoms with Crippen LogP contribution >= 0.6 is 0 Å². The Labute approximate surface area is 101 Å². The standard InChI is InChI=1S/C8H10N8O2/c1-16-6(5(3-11-16)7(17)18-2)9-4-10-8-12-14-15-13-8/h3-4H,1-2H3,(H2,9,10,12,13,14,15). The van der Waals surface area contributed by atoms with Gasteiger partial charge in [-0.1, -0.05) is 5.10 Å². The quantitative estimate of drug-likeness (QED) is 0.425. The molecule has 10 heteroatoms. The third kappa shape index (κ3) is 2.31. The summed E-state index contributed by atoms with van der Waals surface area (Å²) >= 11 is 0. The first-order valence-electron chi connectivity index (χ1n) is 4.85. The molecule has 0 amide bonds. The summed E-state index contributed by atoms with van der Waals surface area (Å²) in [5.41, 5.74) is 0.270. The lowest BCUT2D eigenvalue weighted by molar-refractivity contribution is 0.0601. The van der Waals surface area contributed by atoms with Crippen LogP contribution in [0.1, 0.15) is 10.4 Å². The van der Waals surface area contributed by atoms with Crippen molar-refractivity contribution in [2.24, 2.45) is 12.0 Å². The number of rotatable bonds is 4. The number of methoxy groups -OCH3 is 1. The average molecular weight is 250 g/mol. The number of nitrogens with zero attached hydrogens (tertiary/aromatic N) is 6. The van der Waals surface area contributed by atoms with E-state index < -0.39 is 5.97 Å². The fraction of sp³-hybridized carbons (Fsp3) is 0.250. The highest BCUT2D eigenvalue weighted by Crippen LogP contribution is 2.17. The van der Waals surface area contributed by atoms with E-state index in [4.69, 9.17) is 0 Å². The summed E-state index contributed by atoms with van der Waals surface area (Å²) in [7, 11) is 2.95. The zero-order valence-corrected chi connectivity index (χ0v) is 9.65. The molecule has 2 rings (SSSR count). The van der Waals surface area contributed by atoms with E-state index in [-0.39, 0.29) is 11.5 Å². The maximum atomic E-state index is 11.4. The number of hydrogen-bond acceptors (Lipinski definition) is 7. The van der Waals surface area contributed by atoms with Gasteiger partial charge in [-0.2, -0.15) is 10.3 Å². The van der Waals surface area contributed by atoms with E-state index in [1.54, 1.807) is 7.05 Å². The summed E-state index contributed by atoms with van der Waals surface area (Å²) in [6, 6.07) is 0. The van der Waals surface area contributed by atoms with Crippen molar-refractivity contribution in [3.05, 3.63) is 11.8 Å². The van der Waals surface area contributed by atoms with Gasteiger partial charge in [-0.05, 0) is 5.21 Å². The van der Waals surface area contributed by atoms with Crippen LogP contribution in [0.4, 0.5) is 11.8 Å². The van der Waals surface area contributed by atoms with Crippen LogP contribution in [0.2, 0.25) is 0 Å². The second-order valence-electron chi connectivity index (χ2n) is 3.13. The molecule has 0 spiro atoms. The monoisotopic (exact) mass is 250 g/mol. The molecule has 0 radical (unpaired) electrons.